The van der Waals surface area contributed by atoms with E-state index in [1.54, 1.807) is 13.8 Å². The predicted octanol–water partition coefficient (Wildman–Crippen LogP) is 6.53. The summed E-state index contributed by atoms with van der Waals surface area (Å²) in [7, 11) is 0. The first-order valence-electron chi connectivity index (χ1n) is 7.12. The van der Waals surface area contributed by atoms with Gasteiger partial charge in [0.25, 0.3) is 0 Å². The first-order valence-corrected chi connectivity index (χ1v) is 7.12. The van der Waals surface area contributed by atoms with Gasteiger partial charge in [-0.3, -0.25) is 9.98 Å². The fraction of sp³-hybridized carbons (Fsp3) is 0.263. The van der Waals surface area contributed by atoms with E-state index in [4.69, 9.17) is 0 Å². The third-order valence-electron chi connectivity index (χ3n) is 3.42. The van der Waals surface area contributed by atoms with Crippen molar-refractivity contribution < 1.29 is 13.2 Å². The zero-order chi connectivity index (χ0) is 17.0. The largest absolute Gasteiger partial charge is 0.418 e. The number of aliphatic imine (C=N–C) groups is 2. The summed E-state index contributed by atoms with van der Waals surface area (Å²) in [5.74, 6) is 0. The molecule has 0 bridgehead atoms. The van der Waals surface area contributed by atoms with Gasteiger partial charge < -0.3 is 0 Å². The average Bonchev–Trinajstić information content (AvgIpc) is 2.49. The van der Waals surface area contributed by atoms with Crippen molar-refractivity contribution in [2.24, 2.45) is 9.98 Å². The molecule has 0 aliphatic rings. The second-order valence-corrected chi connectivity index (χ2v) is 5.20. The minimum Gasteiger partial charge on any atom is -0.252 e. The highest BCUT2D eigenvalue weighted by Gasteiger charge is 2.33. The Kier molecular flexibility index (Phi) is 6.46. The molecule has 5 heteroatoms. The van der Waals surface area contributed by atoms with Gasteiger partial charge in [-0.25, -0.2) is 0 Å². The van der Waals surface area contributed by atoms with Crippen LogP contribution in [0.1, 0.15) is 32.4 Å². The van der Waals surface area contributed by atoms with E-state index in [1.165, 1.54) is 18.2 Å². The molecule has 0 fully saturated rings. The van der Waals surface area contributed by atoms with E-state index >= 15 is 0 Å². The normalized spacial score (nSPS) is 12.8. The molecule has 2 aromatic rings. The summed E-state index contributed by atoms with van der Waals surface area (Å²) >= 11 is 0. The predicted molar refractivity (Wildman–Crippen MR) is 94.9 cm³/mol. The average molecular weight is 334 g/mol. The van der Waals surface area contributed by atoms with Crippen LogP contribution in [-0.4, -0.2) is 11.4 Å². The van der Waals surface area contributed by atoms with Crippen LogP contribution in [0.5, 0.6) is 0 Å². The smallest absolute Gasteiger partial charge is 0.252 e. The molecular formula is C19H21F3N2. The van der Waals surface area contributed by atoms with Crippen molar-refractivity contribution >= 4 is 22.8 Å². The van der Waals surface area contributed by atoms with E-state index in [-0.39, 0.29) is 13.1 Å². The van der Waals surface area contributed by atoms with Crippen LogP contribution in [0.2, 0.25) is 0 Å². The van der Waals surface area contributed by atoms with Crippen molar-refractivity contribution in [1.82, 2.24) is 0 Å². The van der Waals surface area contributed by atoms with Gasteiger partial charge >= 0.3 is 6.18 Å². The summed E-state index contributed by atoms with van der Waals surface area (Å²) in [6, 6.07) is 12.8. The summed E-state index contributed by atoms with van der Waals surface area (Å²) in [5, 5.41) is 0. The van der Waals surface area contributed by atoms with Crippen LogP contribution >= 0.6 is 0 Å². The second-order valence-electron chi connectivity index (χ2n) is 5.20. The summed E-state index contributed by atoms with van der Waals surface area (Å²) in [5.41, 5.74) is 1.96. The van der Waals surface area contributed by atoms with E-state index < -0.39 is 11.7 Å². The van der Waals surface area contributed by atoms with Gasteiger partial charge in [-0.15, -0.1) is 0 Å². The van der Waals surface area contributed by atoms with E-state index in [9.17, 15) is 13.2 Å². The molecule has 0 spiro atoms. The summed E-state index contributed by atoms with van der Waals surface area (Å²) in [6.45, 7) is 5.32. The topological polar surface area (TPSA) is 24.7 Å². The lowest BCUT2D eigenvalue weighted by atomic mass is 10.1. The van der Waals surface area contributed by atoms with Gasteiger partial charge in [0.1, 0.15) is 0 Å². The van der Waals surface area contributed by atoms with Gasteiger partial charge in [-0.1, -0.05) is 37.8 Å². The summed E-state index contributed by atoms with van der Waals surface area (Å²) in [4.78, 5) is 8.57. The molecule has 2 rings (SSSR count). The van der Waals surface area contributed by atoms with Crippen molar-refractivity contribution in [3.63, 3.8) is 0 Å². The van der Waals surface area contributed by atoms with Crippen molar-refractivity contribution in [2.45, 2.75) is 34.4 Å². The van der Waals surface area contributed by atoms with Gasteiger partial charge in [-0.2, -0.15) is 13.2 Å². The SMILES string of the molecule is C.CC(=Nc1ccccc1C)C(C)=Nc1ccccc1C(F)(F)F. The van der Waals surface area contributed by atoms with E-state index in [0.29, 0.717) is 11.4 Å². The third kappa shape index (κ3) is 4.78. The molecule has 2 nitrogen and oxygen atoms in total. The molecule has 0 aromatic heterocycles. The molecule has 128 valence electrons. The van der Waals surface area contributed by atoms with E-state index in [2.05, 4.69) is 9.98 Å². The van der Waals surface area contributed by atoms with Crippen LogP contribution in [0, 0.1) is 6.92 Å². The molecule has 24 heavy (non-hydrogen) atoms. The van der Waals surface area contributed by atoms with Crippen LogP contribution in [0.3, 0.4) is 0 Å². The lowest BCUT2D eigenvalue weighted by Crippen LogP contribution is -2.08. The fourth-order valence-electron chi connectivity index (χ4n) is 2.02. The van der Waals surface area contributed by atoms with Crippen LogP contribution < -0.4 is 0 Å². The van der Waals surface area contributed by atoms with Crippen LogP contribution in [0.4, 0.5) is 24.5 Å². The van der Waals surface area contributed by atoms with Crippen molar-refractivity contribution in [3.05, 3.63) is 59.7 Å². The number of benzene rings is 2. The first-order chi connectivity index (χ1) is 10.8. The minimum absolute atomic E-state index is 0. The molecule has 0 saturated heterocycles. The Bertz CT molecular complexity index is 759. The molecule has 0 radical (unpaired) electrons. The Morgan fingerprint density at radius 3 is 1.79 bits per heavy atom. The van der Waals surface area contributed by atoms with Gasteiger partial charge in [0, 0.05) is 0 Å². The maximum absolute atomic E-state index is 13.0. The number of aryl methyl sites for hydroxylation is 1. The van der Waals surface area contributed by atoms with Crippen LogP contribution in [0.25, 0.3) is 0 Å². The Morgan fingerprint density at radius 2 is 1.25 bits per heavy atom. The number of hydrogen-bond acceptors (Lipinski definition) is 2. The lowest BCUT2D eigenvalue weighted by molar-refractivity contribution is -0.137. The minimum atomic E-state index is -4.43. The van der Waals surface area contributed by atoms with Crippen LogP contribution in [0.15, 0.2) is 58.5 Å². The highest BCUT2D eigenvalue weighted by molar-refractivity contribution is 6.41. The number of rotatable bonds is 3. The summed E-state index contributed by atoms with van der Waals surface area (Å²) < 4.78 is 39.0. The number of para-hydroxylation sites is 2. The molecule has 2 aromatic carbocycles. The molecule has 0 aliphatic carbocycles. The monoisotopic (exact) mass is 334 g/mol. The fourth-order valence-corrected chi connectivity index (χ4v) is 2.02. The van der Waals surface area contributed by atoms with Gasteiger partial charge in [0.05, 0.1) is 28.4 Å². The Labute approximate surface area is 140 Å². The highest BCUT2D eigenvalue weighted by atomic mass is 19.4. The Morgan fingerprint density at radius 1 is 0.792 bits per heavy atom. The first kappa shape index (κ1) is 19.6. The molecule has 0 aliphatic heterocycles. The van der Waals surface area contributed by atoms with Crippen molar-refractivity contribution in [3.8, 4) is 0 Å². The van der Waals surface area contributed by atoms with Gasteiger partial charge in [0.15, 0.2) is 0 Å². The Balaban J connectivity index is 0.00000288. The molecule has 0 saturated carbocycles. The van der Waals surface area contributed by atoms with E-state index in [1.807, 2.05) is 31.2 Å². The number of hydrogen-bond donors (Lipinski definition) is 0. The Hall–Kier alpha value is -2.43. The molecule has 0 atom stereocenters. The van der Waals surface area contributed by atoms with Crippen LogP contribution in [-0.2, 0) is 6.18 Å². The number of nitrogens with zero attached hydrogens (tertiary/aromatic N) is 2. The van der Waals surface area contributed by atoms with E-state index in [0.717, 1.165) is 17.3 Å². The lowest BCUT2D eigenvalue weighted by Gasteiger charge is -2.10. The standard InChI is InChI=1S/C18H17F3N2.CH4/c1-12-8-4-6-10-16(12)22-13(2)14(3)23-17-11-7-5-9-15(17)18(19,20)21;/h4-11H,1-3H3;1H4. The van der Waals surface area contributed by atoms with Crippen molar-refractivity contribution in [2.75, 3.05) is 0 Å². The highest BCUT2D eigenvalue weighted by Crippen LogP contribution is 2.36. The second kappa shape index (κ2) is 7.90. The zero-order valence-electron chi connectivity index (χ0n) is 13.1. The maximum atomic E-state index is 13.0. The maximum Gasteiger partial charge on any atom is 0.418 e. The van der Waals surface area contributed by atoms with Gasteiger partial charge in [0.2, 0.25) is 0 Å². The molecular weight excluding hydrogens is 313 g/mol. The number of alkyl halides is 3. The zero-order valence-corrected chi connectivity index (χ0v) is 13.1. The molecule has 0 heterocycles. The molecule has 0 unspecified atom stereocenters. The van der Waals surface area contributed by atoms with Gasteiger partial charge in [-0.05, 0) is 44.5 Å². The molecule has 0 N–H and O–H groups in total. The molecule has 0 amide bonds. The quantitative estimate of drug-likeness (QED) is 0.570. The third-order valence-corrected chi connectivity index (χ3v) is 3.42. The summed E-state index contributed by atoms with van der Waals surface area (Å²) in [6.07, 6.45) is -4.43. The number of halogens is 3. The van der Waals surface area contributed by atoms with Crippen molar-refractivity contribution in [1.29, 1.82) is 0 Å².